The van der Waals surface area contributed by atoms with Gasteiger partial charge in [-0.3, -0.25) is 4.98 Å². The molecular formula is C17H13BrN2O3. The van der Waals surface area contributed by atoms with Crippen molar-refractivity contribution in [3.8, 4) is 5.75 Å². The van der Waals surface area contributed by atoms with E-state index in [0.29, 0.717) is 11.2 Å². The molecule has 0 bridgehead atoms. The second-order valence-electron chi connectivity index (χ2n) is 4.87. The van der Waals surface area contributed by atoms with Gasteiger partial charge in [0.05, 0.1) is 18.3 Å². The number of nitrogens with one attached hydrogen (secondary N) is 1. The van der Waals surface area contributed by atoms with Gasteiger partial charge in [0.2, 0.25) is 0 Å². The van der Waals surface area contributed by atoms with Gasteiger partial charge in [-0.1, -0.05) is 15.9 Å². The van der Waals surface area contributed by atoms with Crippen LogP contribution in [0.5, 0.6) is 5.75 Å². The van der Waals surface area contributed by atoms with E-state index in [2.05, 4.69) is 26.2 Å². The lowest BCUT2D eigenvalue weighted by molar-refractivity contribution is 0.0697. The van der Waals surface area contributed by atoms with Crippen LogP contribution in [0.2, 0.25) is 0 Å². The SMILES string of the molecule is COc1ccc(Nc2c(C(=O)O)cnc3ccc(Br)cc23)cc1. The fourth-order valence-corrected chi connectivity index (χ4v) is 2.64. The zero-order valence-electron chi connectivity index (χ0n) is 12.2. The lowest BCUT2D eigenvalue weighted by Crippen LogP contribution is -2.04. The number of ether oxygens (including phenoxy) is 1. The molecule has 0 atom stereocenters. The smallest absolute Gasteiger partial charge is 0.339 e. The number of carboxylic acids is 1. The van der Waals surface area contributed by atoms with E-state index in [9.17, 15) is 9.90 Å². The number of carboxylic acid groups (broad SMARTS) is 1. The average Bonchev–Trinajstić information content (AvgIpc) is 2.55. The molecule has 2 aromatic carbocycles. The molecule has 0 saturated heterocycles. The second kappa shape index (κ2) is 6.26. The number of halogens is 1. The third-order valence-corrected chi connectivity index (χ3v) is 3.91. The number of aromatic nitrogens is 1. The predicted octanol–water partition coefficient (Wildman–Crippen LogP) is 4.45. The molecule has 1 heterocycles. The number of methoxy groups -OCH3 is 1. The van der Waals surface area contributed by atoms with Crippen molar-refractivity contribution in [2.24, 2.45) is 0 Å². The van der Waals surface area contributed by atoms with Gasteiger partial charge in [0.1, 0.15) is 11.3 Å². The number of hydrogen-bond acceptors (Lipinski definition) is 4. The molecule has 3 rings (SSSR count). The van der Waals surface area contributed by atoms with Crippen molar-refractivity contribution in [2.75, 3.05) is 12.4 Å². The Kier molecular flexibility index (Phi) is 4.16. The van der Waals surface area contributed by atoms with Gasteiger partial charge in [-0.25, -0.2) is 4.79 Å². The monoisotopic (exact) mass is 372 g/mol. The van der Waals surface area contributed by atoms with E-state index in [1.54, 1.807) is 7.11 Å². The molecule has 23 heavy (non-hydrogen) atoms. The normalized spacial score (nSPS) is 10.5. The van der Waals surface area contributed by atoms with E-state index < -0.39 is 5.97 Å². The highest BCUT2D eigenvalue weighted by Gasteiger charge is 2.15. The maximum atomic E-state index is 11.5. The van der Waals surface area contributed by atoms with Gasteiger partial charge in [0.15, 0.2) is 0 Å². The van der Waals surface area contributed by atoms with Crippen LogP contribution in [0.3, 0.4) is 0 Å². The van der Waals surface area contributed by atoms with Crippen LogP contribution in [0.15, 0.2) is 53.1 Å². The summed E-state index contributed by atoms with van der Waals surface area (Å²) in [4.78, 5) is 15.7. The van der Waals surface area contributed by atoms with Gasteiger partial charge >= 0.3 is 5.97 Å². The molecule has 0 aliphatic carbocycles. The Hall–Kier alpha value is -2.60. The summed E-state index contributed by atoms with van der Waals surface area (Å²) in [5.41, 5.74) is 2.11. The first-order valence-electron chi connectivity index (χ1n) is 6.81. The Bertz CT molecular complexity index is 879. The molecule has 0 aliphatic heterocycles. The van der Waals surface area contributed by atoms with Crippen molar-refractivity contribution in [1.82, 2.24) is 4.98 Å². The van der Waals surface area contributed by atoms with Crippen molar-refractivity contribution in [3.63, 3.8) is 0 Å². The van der Waals surface area contributed by atoms with Crippen LogP contribution in [0.25, 0.3) is 10.9 Å². The molecule has 2 N–H and O–H groups in total. The van der Waals surface area contributed by atoms with Gasteiger partial charge in [-0.15, -0.1) is 0 Å². The summed E-state index contributed by atoms with van der Waals surface area (Å²) >= 11 is 3.41. The molecule has 5 nitrogen and oxygen atoms in total. The summed E-state index contributed by atoms with van der Waals surface area (Å²) in [6.45, 7) is 0. The molecule has 3 aromatic rings. The zero-order valence-corrected chi connectivity index (χ0v) is 13.8. The molecule has 0 spiro atoms. The molecule has 0 saturated carbocycles. The Labute approximate surface area is 141 Å². The number of aromatic carboxylic acids is 1. The second-order valence-corrected chi connectivity index (χ2v) is 5.78. The van der Waals surface area contributed by atoms with E-state index >= 15 is 0 Å². The minimum Gasteiger partial charge on any atom is -0.497 e. The predicted molar refractivity (Wildman–Crippen MR) is 92.7 cm³/mol. The fourth-order valence-electron chi connectivity index (χ4n) is 2.28. The highest BCUT2D eigenvalue weighted by Crippen LogP contribution is 2.31. The van der Waals surface area contributed by atoms with Crippen molar-refractivity contribution in [2.45, 2.75) is 0 Å². The number of hydrogen-bond donors (Lipinski definition) is 2. The lowest BCUT2D eigenvalue weighted by Gasteiger charge is -2.13. The summed E-state index contributed by atoms with van der Waals surface area (Å²) < 4.78 is 5.98. The number of benzene rings is 2. The molecule has 0 radical (unpaired) electrons. The number of nitrogens with zero attached hydrogens (tertiary/aromatic N) is 1. The van der Waals surface area contributed by atoms with E-state index in [-0.39, 0.29) is 5.56 Å². The van der Waals surface area contributed by atoms with Gasteiger partial charge in [0, 0.05) is 21.7 Å². The Morgan fingerprint density at radius 2 is 1.96 bits per heavy atom. The first-order chi connectivity index (χ1) is 11.1. The van der Waals surface area contributed by atoms with Gasteiger partial charge < -0.3 is 15.2 Å². The molecule has 6 heteroatoms. The molecule has 0 fully saturated rings. The van der Waals surface area contributed by atoms with Crippen molar-refractivity contribution >= 4 is 44.2 Å². The first-order valence-corrected chi connectivity index (χ1v) is 7.60. The summed E-state index contributed by atoms with van der Waals surface area (Å²) in [7, 11) is 1.60. The molecular weight excluding hydrogens is 360 g/mol. The molecule has 116 valence electrons. The number of fused-ring (bicyclic) bond motifs is 1. The Morgan fingerprint density at radius 3 is 2.61 bits per heavy atom. The maximum absolute atomic E-state index is 11.5. The average molecular weight is 373 g/mol. The lowest BCUT2D eigenvalue weighted by atomic mass is 10.1. The van der Waals surface area contributed by atoms with Crippen LogP contribution < -0.4 is 10.1 Å². The van der Waals surface area contributed by atoms with Crippen molar-refractivity contribution < 1.29 is 14.6 Å². The molecule has 0 unspecified atom stereocenters. The van der Waals surface area contributed by atoms with Gasteiger partial charge in [0.25, 0.3) is 0 Å². The Balaban J connectivity index is 2.14. The van der Waals surface area contributed by atoms with Gasteiger partial charge in [-0.2, -0.15) is 0 Å². The highest BCUT2D eigenvalue weighted by molar-refractivity contribution is 9.10. The van der Waals surface area contributed by atoms with Crippen LogP contribution in [0.1, 0.15) is 10.4 Å². The van der Waals surface area contributed by atoms with Crippen LogP contribution in [0.4, 0.5) is 11.4 Å². The number of rotatable bonds is 4. The molecule has 0 amide bonds. The molecule has 1 aromatic heterocycles. The third kappa shape index (κ3) is 3.12. The standard InChI is InChI=1S/C17H13BrN2O3/c1-23-12-5-3-11(4-6-12)20-16-13-8-10(18)2-7-15(13)19-9-14(16)17(21)22/h2-9H,1H3,(H,19,20)(H,21,22). The number of pyridine rings is 1. The summed E-state index contributed by atoms with van der Waals surface area (Å²) in [6, 6.07) is 12.8. The quantitative estimate of drug-likeness (QED) is 0.707. The molecule has 0 aliphatic rings. The van der Waals surface area contributed by atoms with Crippen molar-refractivity contribution in [1.29, 1.82) is 0 Å². The van der Waals surface area contributed by atoms with E-state index in [1.807, 2.05) is 42.5 Å². The van der Waals surface area contributed by atoms with E-state index in [1.165, 1.54) is 6.20 Å². The fraction of sp³-hybridized carbons (Fsp3) is 0.0588. The summed E-state index contributed by atoms with van der Waals surface area (Å²) in [5, 5.41) is 13.4. The topological polar surface area (TPSA) is 71.5 Å². The highest BCUT2D eigenvalue weighted by atomic mass is 79.9. The van der Waals surface area contributed by atoms with Crippen LogP contribution >= 0.6 is 15.9 Å². The maximum Gasteiger partial charge on any atom is 0.339 e. The third-order valence-electron chi connectivity index (χ3n) is 3.42. The van der Waals surface area contributed by atoms with Crippen molar-refractivity contribution in [3.05, 3.63) is 58.7 Å². The van der Waals surface area contributed by atoms with Crippen LogP contribution in [-0.2, 0) is 0 Å². The van der Waals surface area contributed by atoms with Crippen LogP contribution in [-0.4, -0.2) is 23.2 Å². The summed E-state index contributed by atoms with van der Waals surface area (Å²) in [5.74, 6) is -0.299. The Morgan fingerprint density at radius 1 is 1.22 bits per heavy atom. The van der Waals surface area contributed by atoms with E-state index in [0.717, 1.165) is 21.3 Å². The zero-order chi connectivity index (χ0) is 16.4. The van der Waals surface area contributed by atoms with Gasteiger partial charge in [-0.05, 0) is 42.5 Å². The minimum atomic E-state index is -1.03. The first kappa shape index (κ1) is 15.3. The van der Waals surface area contributed by atoms with E-state index in [4.69, 9.17) is 4.74 Å². The summed E-state index contributed by atoms with van der Waals surface area (Å²) in [6.07, 6.45) is 1.37. The minimum absolute atomic E-state index is 0.117. The largest absolute Gasteiger partial charge is 0.497 e. The number of anilines is 2. The van der Waals surface area contributed by atoms with Crippen LogP contribution in [0, 0.1) is 0 Å². The number of carbonyl (C=O) groups is 1.